The van der Waals surface area contributed by atoms with Crippen molar-refractivity contribution >= 4 is 29.1 Å². The van der Waals surface area contributed by atoms with Gasteiger partial charge in [-0.15, -0.1) is 11.3 Å². The van der Waals surface area contributed by atoms with E-state index in [1.165, 1.54) is 11.3 Å². The third kappa shape index (κ3) is 6.04. The lowest BCUT2D eigenvalue weighted by atomic mass is 10.1. The van der Waals surface area contributed by atoms with Crippen molar-refractivity contribution in [2.45, 2.75) is 39.2 Å². The van der Waals surface area contributed by atoms with Gasteiger partial charge in [-0.3, -0.25) is 0 Å². The summed E-state index contributed by atoms with van der Waals surface area (Å²) in [5.74, 6) is -1.10. The van der Waals surface area contributed by atoms with Crippen LogP contribution in [0.2, 0.25) is 0 Å². The molecule has 7 heteroatoms. The molecule has 1 aromatic heterocycles. The molecule has 160 valence electrons. The van der Waals surface area contributed by atoms with E-state index in [2.05, 4.69) is 17.6 Å². The monoisotopic (exact) mass is 436 g/mol. The van der Waals surface area contributed by atoms with Crippen LogP contribution in [0.5, 0.6) is 0 Å². The third-order valence-electron chi connectivity index (χ3n) is 4.85. The fraction of sp³-hybridized carbons (Fsp3) is 0.250. The lowest BCUT2D eigenvalue weighted by Crippen LogP contribution is -2.30. The van der Waals surface area contributed by atoms with Crippen LogP contribution in [0.4, 0.5) is 0 Å². The Morgan fingerprint density at radius 1 is 1.19 bits per heavy atom. The molecular formula is C24H24N2O4S. The molecular weight excluding hydrogens is 412 g/mol. The summed E-state index contributed by atoms with van der Waals surface area (Å²) in [6.45, 7) is 2.55. The molecule has 0 unspecified atom stereocenters. The highest BCUT2D eigenvalue weighted by Crippen LogP contribution is 2.22. The van der Waals surface area contributed by atoms with E-state index in [0.29, 0.717) is 18.7 Å². The number of aliphatic carboxylic acids is 1. The first-order chi connectivity index (χ1) is 15.0. The number of benzene rings is 1. The number of aromatic carboxylic acids is 1. The van der Waals surface area contributed by atoms with E-state index in [1.807, 2.05) is 22.4 Å². The molecule has 0 bridgehead atoms. The first-order valence-electron chi connectivity index (χ1n) is 10.1. The molecule has 0 spiro atoms. The van der Waals surface area contributed by atoms with Gasteiger partial charge in [-0.2, -0.15) is 0 Å². The standard InChI is InChI=1S/C24H24N2O4S/c1-2-3-6-22-25-12-11-20(14-19(24(29)30)15-21-5-4-13-31-21)26(22)16-17-7-9-18(10-8-17)23(27)28/h4-5,7-10,12-14H,2-3,6,15-16H2,1H3,(H,27,28)(H,29,30). The molecule has 1 aromatic carbocycles. The molecule has 1 aliphatic heterocycles. The van der Waals surface area contributed by atoms with Crippen LogP contribution in [0.15, 0.2) is 76.0 Å². The predicted octanol–water partition coefficient (Wildman–Crippen LogP) is 5.10. The molecule has 0 amide bonds. The minimum Gasteiger partial charge on any atom is -0.478 e. The molecule has 2 heterocycles. The molecule has 2 N–H and O–H groups in total. The van der Waals surface area contributed by atoms with Crippen LogP contribution in [0.3, 0.4) is 0 Å². The van der Waals surface area contributed by atoms with Crippen molar-refractivity contribution in [3.05, 3.63) is 87.1 Å². The van der Waals surface area contributed by atoms with Gasteiger partial charge >= 0.3 is 11.9 Å². The van der Waals surface area contributed by atoms with Gasteiger partial charge in [0.1, 0.15) is 5.84 Å². The predicted molar refractivity (Wildman–Crippen MR) is 121 cm³/mol. The summed E-state index contributed by atoms with van der Waals surface area (Å²) < 4.78 is 0. The van der Waals surface area contributed by atoms with Gasteiger partial charge in [-0.05, 0) is 41.6 Å². The third-order valence-corrected chi connectivity index (χ3v) is 5.73. The number of rotatable bonds is 10. The molecule has 0 saturated carbocycles. The second-order valence-electron chi connectivity index (χ2n) is 7.13. The lowest BCUT2D eigenvalue weighted by Gasteiger charge is -2.28. The topological polar surface area (TPSA) is 90.2 Å². The highest BCUT2D eigenvalue weighted by atomic mass is 32.1. The molecule has 2 aromatic rings. The number of carboxylic acids is 2. The van der Waals surface area contributed by atoms with Crippen molar-refractivity contribution in [3.8, 4) is 0 Å². The van der Waals surface area contributed by atoms with Gasteiger partial charge in [-0.25, -0.2) is 14.6 Å². The molecule has 6 nitrogen and oxygen atoms in total. The molecule has 3 rings (SSSR count). The van der Waals surface area contributed by atoms with E-state index in [0.717, 1.165) is 35.5 Å². The number of nitrogens with zero attached hydrogens (tertiary/aromatic N) is 2. The SMILES string of the molecule is CCCCC1=NC=C=C(C=C(Cc2cccs2)C(=O)O)N1Cc1ccc(C(=O)O)cc1. The van der Waals surface area contributed by atoms with E-state index in [1.54, 1.807) is 36.5 Å². The summed E-state index contributed by atoms with van der Waals surface area (Å²) in [5.41, 5.74) is 5.13. The minimum atomic E-state index is -0.971. The summed E-state index contributed by atoms with van der Waals surface area (Å²) in [6, 6.07) is 10.5. The second kappa shape index (κ2) is 10.6. The number of carboxylic acid groups (broad SMARTS) is 2. The van der Waals surface area contributed by atoms with Crippen molar-refractivity contribution in [1.82, 2.24) is 4.90 Å². The van der Waals surface area contributed by atoms with Crippen LogP contribution in [0.1, 0.15) is 47.0 Å². The highest BCUT2D eigenvalue weighted by molar-refractivity contribution is 7.09. The van der Waals surface area contributed by atoms with Crippen LogP contribution < -0.4 is 0 Å². The van der Waals surface area contributed by atoms with E-state index >= 15 is 0 Å². The zero-order chi connectivity index (χ0) is 22.2. The number of aliphatic imine (C=N–C) groups is 1. The van der Waals surface area contributed by atoms with E-state index in [4.69, 9.17) is 5.11 Å². The summed E-state index contributed by atoms with van der Waals surface area (Å²) in [4.78, 5) is 30.5. The van der Waals surface area contributed by atoms with Gasteiger partial charge in [0.05, 0.1) is 17.5 Å². The fourth-order valence-corrected chi connectivity index (χ4v) is 3.91. The summed E-state index contributed by atoms with van der Waals surface area (Å²) in [6.07, 6.45) is 6.31. The molecule has 0 aliphatic carbocycles. The first-order valence-corrected chi connectivity index (χ1v) is 10.9. The molecule has 31 heavy (non-hydrogen) atoms. The Labute approximate surface area is 185 Å². The maximum Gasteiger partial charge on any atom is 0.335 e. The van der Waals surface area contributed by atoms with Gasteiger partial charge < -0.3 is 15.1 Å². The Bertz CT molecular complexity index is 1060. The maximum absolute atomic E-state index is 11.9. The van der Waals surface area contributed by atoms with E-state index in [-0.39, 0.29) is 11.1 Å². The van der Waals surface area contributed by atoms with E-state index in [9.17, 15) is 14.7 Å². The van der Waals surface area contributed by atoms with Crippen molar-refractivity contribution < 1.29 is 19.8 Å². The average Bonchev–Trinajstić information content (AvgIpc) is 3.27. The minimum absolute atomic E-state index is 0.224. The van der Waals surface area contributed by atoms with E-state index < -0.39 is 11.9 Å². The van der Waals surface area contributed by atoms with Crippen molar-refractivity contribution in [3.63, 3.8) is 0 Å². The largest absolute Gasteiger partial charge is 0.478 e. The van der Waals surface area contributed by atoms with Gasteiger partial charge in [0.15, 0.2) is 0 Å². The second-order valence-corrected chi connectivity index (χ2v) is 8.16. The maximum atomic E-state index is 11.9. The Kier molecular flexibility index (Phi) is 7.60. The Morgan fingerprint density at radius 2 is 1.97 bits per heavy atom. The number of hydrogen-bond acceptors (Lipinski definition) is 5. The zero-order valence-corrected chi connectivity index (χ0v) is 18.1. The lowest BCUT2D eigenvalue weighted by molar-refractivity contribution is -0.132. The molecule has 1 aliphatic rings. The number of amidine groups is 1. The Balaban J connectivity index is 1.91. The highest BCUT2D eigenvalue weighted by Gasteiger charge is 2.20. The summed E-state index contributed by atoms with van der Waals surface area (Å²) in [5, 5.41) is 20.8. The quantitative estimate of drug-likeness (QED) is 0.399. The molecule has 0 fully saturated rings. The Hall–Kier alpha value is -3.41. The van der Waals surface area contributed by atoms with Crippen LogP contribution in [0, 0.1) is 0 Å². The molecule has 0 saturated heterocycles. The molecule has 0 radical (unpaired) electrons. The fourth-order valence-electron chi connectivity index (χ4n) is 3.18. The summed E-state index contributed by atoms with van der Waals surface area (Å²) >= 11 is 1.52. The number of unbranched alkanes of at least 4 members (excludes halogenated alkanes) is 1. The van der Waals surface area contributed by atoms with Gasteiger partial charge in [0.2, 0.25) is 0 Å². The number of hydrogen-bond donors (Lipinski definition) is 2. The average molecular weight is 437 g/mol. The molecule has 0 atom stereocenters. The van der Waals surface area contributed by atoms with Crippen LogP contribution >= 0.6 is 11.3 Å². The van der Waals surface area contributed by atoms with Crippen LogP contribution in [-0.4, -0.2) is 32.9 Å². The summed E-state index contributed by atoms with van der Waals surface area (Å²) in [7, 11) is 0. The number of allylic oxidation sites excluding steroid dienone is 1. The number of thiophene rings is 1. The van der Waals surface area contributed by atoms with Crippen molar-refractivity contribution in [2.24, 2.45) is 4.99 Å². The zero-order valence-electron chi connectivity index (χ0n) is 17.2. The first kappa shape index (κ1) is 22.3. The van der Waals surface area contributed by atoms with Gasteiger partial charge in [0, 0.05) is 29.8 Å². The normalized spacial score (nSPS) is 13.7. The Morgan fingerprint density at radius 3 is 2.58 bits per heavy atom. The van der Waals surface area contributed by atoms with Crippen molar-refractivity contribution in [1.29, 1.82) is 0 Å². The van der Waals surface area contributed by atoms with Crippen LogP contribution in [0.25, 0.3) is 0 Å². The number of carbonyl (C=O) groups is 2. The van der Waals surface area contributed by atoms with Crippen LogP contribution in [-0.2, 0) is 17.8 Å². The van der Waals surface area contributed by atoms with Gasteiger partial charge in [0.25, 0.3) is 0 Å². The smallest absolute Gasteiger partial charge is 0.335 e. The van der Waals surface area contributed by atoms with Crippen molar-refractivity contribution in [2.75, 3.05) is 0 Å². The van der Waals surface area contributed by atoms with Gasteiger partial charge in [-0.1, -0.05) is 37.3 Å².